The highest BCUT2D eigenvalue weighted by Gasteiger charge is 2.15. The third-order valence-corrected chi connectivity index (χ3v) is 4.57. The summed E-state index contributed by atoms with van der Waals surface area (Å²) in [6, 6.07) is 11.2. The Labute approximate surface area is 135 Å². The molecule has 2 N–H and O–H groups in total. The number of hydrogen-bond acceptors (Lipinski definition) is 4. The van der Waals surface area contributed by atoms with Crippen molar-refractivity contribution >= 4 is 21.8 Å². The maximum Gasteiger partial charge on any atom is 0.412 e. The van der Waals surface area contributed by atoms with Crippen LogP contribution in [-0.4, -0.2) is 21.6 Å². The SMILES string of the molecule is CNC(=O)Oc1ccc(NS(=O)(=O)c2ccc(C)cc2)c(C)c1. The van der Waals surface area contributed by atoms with E-state index in [9.17, 15) is 13.2 Å². The quantitative estimate of drug-likeness (QED) is 0.900. The lowest BCUT2D eigenvalue weighted by Gasteiger charge is -2.12. The Morgan fingerprint density at radius 3 is 2.26 bits per heavy atom. The summed E-state index contributed by atoms with van der Waals surface area (Å²) in [6.07, 6.45) is -0.586. The summed E-state index contributed by atoms with van der Waals surface area (Å²) >= 11 is 0. The molecule has 0 fully saturated rings. The average Bonchev–Trinajstić information content (AvgIpc) is 2.50. The van der Waals surface area contributed by atoms with Gasteiger partial charge in [0.1, 0.15) is 5.75 Å². The normalized spacial score (nSPS) is 10.9. The van der Waals surface area contributed by atoms with Crippen molar-refractivity contribution in [2.45, 2.75) is 18.7 Å². The van der Waals surface area contributed by atoms with Gasteiger partial charge in [-0.05, 0) is 49.7 Å². The van der Waals surface area contributed by atoms with Gasteiger partial charge in [-0.1, -0.05) is 17.7 Å². The Kier molecular flexibility index (Phi) is 4.90. The number of aryl methyl sites for hydroxylation is 2. The third kappa shape index (κ3) is 4.23. The number of rotatable bonds is 4. The van der Waals surface area contributed by atoms with Crippen LogP contribution in [0.4, 0.5) is 10.5 Å². The maximum absolute atomic E-state index is 12.4. The average molecular weight is 334 g/mol. The molecule has 0 heterocycles. The Morgan fingerprint density at radius 1 is 1.04 bits per heavy atom. The van der Waals surface area contributed by atoms with Gasteiger partial charge < -0.3 is 10.1 Å². The van der Waals surface area contributed by atoms with Crippen molar-refractivity contribution in [2.24, 2.45) is 0 Å². The van der Waals surface area contributed by atoms with Gasteiger partial charge in [0.05, 0.1) is 10.6 Å². The lowest BCUT2D eigenvalue weighted by molar-refractivity contribution is 0.203. The van der Waals surface area contributed by atoms with Crippen molar-refractivity contribution in [2.75, 3.05) is 11.8 Å². The maximum atomic E-state index is 12.4. The molecule has 7 heteroatoms. The van der Waals surface area contributed by atoms with Crippen LogP contribution in [0, 0.1) is 13.8 Å². The summed E-state index contributed by atoms with van der Waals surface area (Å²) in [7, 11) is -2.21. The number of carbonyl (C=O) groups excluding carboxylic acids is 1. The zero-order chi connectivity index (χ0) is 17.0. The molecule has 6 nitrogen and oxygen atoms in total. The van der Waals surface area contributed by atoms with Crippen LogP contribution < -0.4 is 14.8 Å². The highest BCUT2D eigenvalue weighted by Crippen LogP contribution is 2.24. The van der Waals surface area contributed by atoms with Crippen molar-refractivity contribution < 1.29 is 17.9 Å². The molecule has 0 unspecified atom stereocenters. The Hall–Kier alpha value is -2.54. The number of anilines is 1. The van der Waals surface area contributed by atoms with Gasteiger partial charge in [0, 0.05) is 7.05 Å². The first-order chi connectivity index (χ1) is 10.8. The number of carbonyl (C=O) groups is 1. The summed E-state index contributed by atoms with van der Waals surface area (Å²) in [5.74, 6) is 0.333. The fraction of sp³-hybridized carbons (Fsp3) is 0.188. The molecule has 122 valence electrons. The Balaban J connectivity index is 2.22. The monoisotopic (exact) mass is 334 g/mol. The summed E-state index contributed by atoms with van der Waals surface area (Å²) in [4.78, 5) is 11.4. The van der Waals surface area contributed by atoms with Gasteiger partial charge in [-0.2, -0.15) is 0 Å². The molecule has 0 atom stereocenters. The molecule has 0 aliphatic heterocycles. The smallest absolute Gasteiger partial charge is 0.410 e. The van der Waals surface area contributed by atoms with Crippen LogP contribution >= 0.6 is 0 Å². The zero-order valence-corrected chi connectivity index (χ0v) is 13.9. The predicted molar refractivity (Wildman–Crippen MR) is 88.3 cm³/mol. The minimum Gasteiger partial charge on any atom is -0.410 e. The van der Waals surface area contributed by atoms with Crippen LogP contribution in [0.1, 0.15) is 11.1 Å². The summed E-state index contributed by atoms with van der Waals surface area (Å²) in [5, 5.41) is 2.34. The van der Waals surface area contributed by atoms with E-state index < -0.39 is 16.1 Å². The van der Waals surface area contributed by atoms with Crippen LogP contribution in [0.3, 0.4) is 0 Å². The molecule has 0 bridgehead atoms. The molecule has 23 heavy (non-hydrogen) atoms. The number of nitrogens with one attached hydrogen (secondary N) is 2. The second-order valence-corrected chi connectivity index (χ2v) is 6.72. The second kappa shape index (κ2) is 6.70. The topological polar surface area (TPSA) is 84.5 Å². The molecule has 0 spiro atoms. The molecule has 0 radical (unpaired) electrons. The number of sulfonamides is 1. The first-order valence-corrected chi connectivity index (χ1v) is 8.40. The Bertz CT molecular complexity index is 814. The minimum absolute atomic E-state index is 0.188. The lowest BCUT2D eigenvalue weighted by atomic mass is 10.2. The lowest BCUT2D eigenvalue weighted by Crippen LogP contribution is -2.22. The van der Waals surface area contributed by atoms with E-state index in [4.69, 9.17) is 4.74 Å². The first-order valence-electron chi connectivity index (χ1n) is 6.91. The first kappa shape index (κ1) is 16.8. The van der Waals surface area contributed by atoms with E-state index in [1.54, 1.807) is 43.3 Å². The standard InChI is InChI=1S/C16H18N2O4S/c1-11-4-7-14(8-5-11)23(20,21)18-15-9-6-13(10-12(15)2)22-16(19)17-3/h4-10,18H,1-3H3,(H,17,19). The predicted octanol–water partition coefficient (Wildman–Crippen LogP) is 2.82. The minimum atomic E-state index is -3.66. The third-order valence-electron chi connectivity index (χ3n) is 3.19. The van der Waals surface area contributed by atoms with Crippen LogP contribution in [-0.2, 0) is 10.0 Å². The largest absolute Gasteiger partial charge is 0.412 e. The highest BCUT2D eigenvalue weighted by atomic mass is 32.2. The van der Waals surface area contributed by atoms with E-state index in [-0.39, 0.29) is 4.90 Å². The number of hydrogen-bond donors (Lipinski definition) is 2. The van der Waals surface area contributed by atoms with Gasteiger partial charge in [-0.3, -0.25) is 4.72 Å². The van der Waals surface area contributed by atoms with Crippen molar-refractivity contribution in [1.82, 2.24) is 5.32 Å². The molecule has 0 saturated heterocycles. The zero-order valence-electron chi connectivity index (χ0n) is 13.1. The van der Waals surface area contributed by atoms with Crippen LogP contribution in [0.5, 0.6) is 5.75 Å². The summed E-state index contributed by atoms with van der Waals surface area (Å²) in [5.41, 5.74) is 2.05. The molecule has 2 aromatic rings. The highest BCUT2D eigenvalue weighted by molar-refractivity contribution is 7.92. The molecule has 0 aromatic heterocycles. The van der Waals surface area contributed by atoms with Crippen LogP contribution in [0.25, 0.3) is 0 Å². The van der Waals surface area contributed by atoms with E-state index in [1.807, 2.05) is 6.92 Å². The Morgan fingerprint density at radius 2 is 1.70 bits per heavy atom. The fourth-order valence-corrected chi connectivity index (χ4v) is 3.02. The summed E-state index contributed by atoms with van der Waals surface area (Å²) in [6.45, 7) is 3.61. The van der Waals surface area contributed by atoms with Crippen LogP contribution in [0.15, 0.2) is 47.4 Å². The molecular weight excluding hydrogens is 316 g/mol. The second-order valence-electron chi connectivity index (χ2n) is 5.03. The van der Waals surface area contributed by atoms with Crippen molar-refractivity contribution in [1.29, 1.82) is 0 Å². The summed E-state index contributed by atoms with van der Waals surface area (Å²) < 4.78 is 32.3. The van der Waals surface area contributed by atoms with Gasteiger partial charge in [-0.15, -0.1) is 0 Å². The molecule has 0 saturated carbocycles. The number of amides is 1. The molecule has 1 amide bonds. The molecule has 0 aliphatic rings. The van der Waals surface area contributed by atoms with Crippen molar-refractivity contribution in [3.05, 3.63) is 53.6 Å². The van der Waals surface area contributed by atoms with Crippen molar-refractivity contribution in [3.63, 3.8) is 0 Å². The van der Waals surface area contributed by atoms with E-state index in [2.05, 4.69) is 10.0 Å². The molecule has 2 aromatic carbocycles. The van der Waals surface area contributed by atoms with Crippen molar-refractivity contribution in [3.8, 4) is 5.75 Å². The van der Waals surface area contributed by atoms with E-state index in [1.165, 1.54) is 13.1 Å². The van der Waals surface area contributed by atoms with E-state index in [0.29, 0.717) is 17.0 Å². The van der Waals surface area contributed by atoms with Gasteiger partial charge in [0.15, 0.2) is 0 Å². The molecule has 0 aliphatic carbocycles. The fourth-order valence-electron chi connectivity index (χ4n) is 1.89. The van der Waals surface area contributed by atoms with Gasteiger partial charge in [-0.25, -0.2) is 13.2 Å². The van der Waals surface area contributed by atoms with E-state index >= 15 is 0 Å². The van der Waals surface area contributed by atoms with Gasteiger partial charge in [0.25, 0.3) is 10.0 Å². The molecule has 2 rings (SSSR count). The van der Waals surface area contributed by atoms with E-state index in [0.717, 1.165) is 5.56 Å². The van der Waals surface area contributed by atoms with Gasteiger partial charge >= 0.3 is 6.09 Å². The van der Waals surface area contributed by atoms with Gasteiger partial charge in [0.2, 0.25) is 0 Å². The number of ether oxygens (including phenoxy) is 1. The molecular formula is C16H18N2O4S. The number of benzene rings is 2. The van der Waals surface area contributed by atoms with Crippen LogP contribution in [0.2, 0.25) is 0 Å².